The van der Waals surface area contributed by atoms with Gasteiger partial charge < -0.3 is 0 Å². The van der Waals surface area contributed by atoms with E-state index in [-0.39, 0.29) is 5.56 Å². The SMILES string of the molecule is O=c1cc(CN2CCc3cncnc3C2)nc2ccccn12. The summed E-state index contributed by atoms with van der Waals surface area (Å²) in [6, 6.07) is 7.18. The average molecular weight is 293 g/mol. The summed E-state index contributed by atoms with van der Waals surface area (Å²) in [6.07, 6.45) is 6.15. The van der Waals surface area contributed by atoms with Crippen LogP contribution in [0, 0.1) is 0 Å². The molecule has 0 aliphatic carbocycles. The zero-order valence-electron chi connectivity index (χ0n) is 12.0. The number of nitrogens with zero attached hydrogens (tertiary/aromatic N) is 5. The first kappa shape index (κ1) is 13.1. The maximum absolute atomic E-state index is 12.1. The zero-order valence-corrected chi connectivity index (χ0v) is 12.0. The van der Waals surface area contributed by atoms with Crippen LogP contribution in [0.15, 0.2) is 47.8 Å². The molecule has 0 radical (unpaired) electrons. The van der Waals surface area contributed by atoms with Gasteiger partial charge in [-0.05, 0) is 24.1 Å². The van der Waals surface area contributed by atoms with E-state index in [1.165, 1.54) is 5.56 Å². The number of pyridine rings is 1. The van der Waals surface area contributed by atoms with Crippen molar-refractivity contribution in [1.82, 2.24) is 24.3 Å². The average Bonchev–Trinajstić information content (AvgIpc) is 2.55. The molecule has 0 spiro atoms. The van der Waals surface area contributed by atoms with Crippen LogP contribution in [0.25, 0.3) is 5.65 Å². The molecule has 0 aromatic carbocycles. The summed E-state index contributed by atoms with van der Waals surface area (Å²) < 4.78 is 1.56. The van der Waals surface area contributed by atoms with Crippen molar-refractivity contribution in [3.8, 4) is 0 Å². The molecule has 0 unspecified atom stereocenters. The third-order valence-electron chi connectivity index (χ3n) is 3.96. The molecule has 0 N–H and O–H groups in total. The normalized spacial score (nSPS) is 14.9. The zero-order chi connectivity index (χ0) is 14.9. The van der Waals surface area contributed by atoms with Crippen LogP contribution >= 0.6 is 0 Å². The molecule has 110 valence electrons. The minimum Gasteiger partial charge on any atom is -0.291 e. The Kier molecular flexibility index (Phi) is 3.16. The first-order chi connectivity index (χ1) is 10.8. The minimum atomic E-state index is -0.0414. The van der Waals surface area contributed by atoms with E-state index in [4.69, 9.17) is 0 Å². The van der Waals surface area contributed by atoms with Crippen molar-refractivity contribution >= 4 is 5.65 Å². The second-order valence-corrected chi connectivity index (χ2v) is 5.47. The first-order valence-corrected chi connectivity index (χ1v) is 7.27. The predicted molar refractivity (Wildman–Crippen MR) is 81.3 cm³/mol. The Bertz CT molecular complexity index is 889. The van der Waals surface area contributed by atoms with E-state index in [0.717, 1.165) is 30.9 Å². The summed E-state index contributed by atoms with van der Waals surface area (Å²) >= 11 is 0. The second-order valence-electron chi connectivity index (χ2n) is 5.47. The van der Waals surface area contributed by atoms with E-state index in [2.05, 4.69) is 19.9 Å². The van der Waals surface area contributed by atoms with Gasteiger partial charge in [-0.2, -0.15) is 0 Å². The van der Waals surface area contributed by atoms with Gasteiger partial charge >= 0.3 is 0 Å². The number of aromatic nitrogens is 4. The van der Waals surface area contributed by atoms with Gasteiger partial charge in [0.15, 0.2) is 0 Å². The lowest BCUT2D eigenvalue weighted by Gasteiger charge is -2.27. The fourth-order valence-corrected chi connectivity index (χ4v) is 2.85. The van der Waals surface area contributed by atoms with Crippen LogP contribution in [-0.4, -0.2) is 30.8 Å². The van der Waals surface area contributed by atoms with E-state index >= 15 is 0 Å². The predicted octanol–water partition coefficient (Wildman–Crippen LogP) is 1.04. The van der Waals surface area contributed by atoms with Gasteiger partial charge in [0.2, 0.25) is 0 Å². The molecular formula is C16H15N5O. The molecule has 22 heavy (non-hydrogen) atoms. The monoisotopic (exact) mass is 293 g/mol. The van der Waals surface area contributed by atoms with Crippen LogP contribution in [0.4, 0.5) is 0 Å². The van der Waals surface area contributed by atoms with Crippen molar-refractivity contribution in [2.24, 2.45) is 0 Å². The lowest BCUT2D eigenvalue weighted by molar-refractivity contribution is 0.238. The van der Waals surface area contributed by atoms with E-state index in [9.17, 15) is 4.79 Å². The molecule has 6 nitrogen and oxygen atoms in total. The van der Waals surface area contributed by atoms with Crippen LogP contribution in [0.1, 0.15) is 17.0 Å². The molecule has 1 aliphatic heterocycles. The van der Waals surface area contributed by atoms with Crippen molar-refractivity contribution in [3.63, 3.8) is 0 Å². The highest BCUT2D eigenvalue weighted by molar-refractivity contribution is 5.38. The fraction of sp³-hybridized carbons (Fsp3) is 0.250. The molecule has 1 aliphatic rings. The van der Waals surface area contributed by atoms with Gasteiger partial charge in [0.1, 0.15) is 12.0 Å². The molecule has 6 heteroatoms. The maximum Gasteiger partial charge on any atom is 0.258 e. The van der Waals surface area contributed by atoms with Gasteiger partial charge in [-0.1, -0.05) is 6.07 Å². The van der Waals surface area contributed by atoms with Gasteiger partial charge in [0.05, 0.1) is 11.4 Å². The molecule has 0 atom stereocenters. The van der Waals surface area contributed by atoms with Crippen molar-refractivity contribution in [2.45, 2.75) is 19.5 Å². The summed E-state index contributed by atoms with van der Waals surface area (Å²) in [4.78, 5) is 27.4. The molecule has 4 heterocycles. The Balaban J connectivity index is 1.61. The van der Waals surface area contributed by atoms with Crippen molar-refractivity contribution < 1.29 is 0 Å². The van der Waals surface area contributed by atoms with E-state index < -0.39 is 0 Å². The molecule has 0 fully saturated rings. The molecule has 0 bridgehead atoms. The Morgan fingerprint density at radius 1 is 1.27 bits per heavy atom. The molecule has 0 amide bonds. The summed E-state index contributed by atoms with van der Waals surface area (Å²) in [5, 5.41) is 0. The highest BCUT2D eigenvalue weighted by atomic mass is 16.1. The third kappa shape index (κ3) is 2.37. The first-order valence-electron chi connectivity index (χ1n) is 7.27. The van der Waals surface area contributed by atoms with Gasteiger partial charge in [-0.25, -0.2) is 15.0 Å². The van der Waals surface area contributed by atoms with Crippen molar-refractivity contribution in [2.75, 3.05) is 6.54 Å². The van der Waals surface area contributed by atoms with Gasteiger partial charge in [-0.15, -0.1) is 0 Å². The number of fused-ring (bicyclic) bond motifs is 2. The van der Waals surface area contributed by atoms with Crippen molar-refractivity contribution in [3.05, 3.63) is 70.3 Å². The molecule has 0 saturated heterocycles. The Hall–Kier alpha value is -2.60. The van der Waals surface area contributed by atoms with Crippen LogP contribution in [0.2, 0.25) is 0 Å². The highest BCUT2D eigenvalue weighted by Gasteiger charge is 2.18. The largest absolute Gasteiger partial charge is 0.291 e. The number of hydrogen-bond donors (Lipinski definition) is 0. The Labute approximate surface area is 127 Å². The second kappa shape index (κ2) is 5.31. The molecule has 3 aromatic rings. The smallest absolute Gasteiger partial charge is 0.258 e. The lowest BCUT2D eigenvalue weighted by atomic mass is 10.1. The summed E-state index contributed by atoms with van der Waals surface area (Å²) in [6.45, 7) is 2.36. The van der Waals surface area contributed by atoms with E-state index in [0.29, 0.717) is 12.2 Å². The summed E-state index contributed by atoms with van der Waals surface area (Å²) in [5.41, 5.74) is 3.72. The fourth-order valence-electron chi connectivity index (χ4n) is 2.85. The quantitative estimate of drug-likeness (QED) is 0.706. The topological polar surface area (TPSA) is 63.4 Å². The highest BCUT2D eigenvalue weighted by Crippen LogP contribution is 2.16. The van der Waals surface area contributed by atoms with Gasteiger partial charge in [0, 0.05) is 38.1 Å². The minimum absolute atomic E-state index is 0.0414. The van der Waals surface area contributed by atoms with E-state index in [1.807, 2.05) is 24.4 Å². The summed E-state index contributed by atoms with van der Waals surface area (Å²) in [5.74, 6) is 0. The van der Waals surface area contributed by atoms with Crippen LogP contribution in [0.5, 0.6) is 0 Å². The number of hydrogen-bond acceptors (Lipinski definition) is 5. The lowest BCUT2D eigenvalue weighted by Crippen LogP contribution is -2.31. The molecule has 3 aromatic heterocycles. The molecular weight excluding hydrogens is 278 g/mol. The van der Waals surface area contributed by atoms with Gasteiger partial charge in [0.25, 0.3) is 5.56 Å². The van der Waals surface area contributed by atoms with Crippen LogP contribution < -0.4 is 5.56 Å². The summed E-state index contributed by atoms with van der Waals surface area (Å²) in [7, 11) is 0. The molecule has 0 saturated carbocycles. The van der Waals surface area contributed by atoms with Crippen molar-refractivity contribution in [1.29, 1.82) is 0 Å². The van der Waals surface area contributed by atoms with E-state index in [1.54, 1.807) is 23.0 Å². The standard InChI is InChI=1S/C16H15N5O/c22-16-7-13(19-15-3-1-2-5-21(15)16)9-20-6-4-12-8-17-11-18-14(12)10-20/h1-3,5,7-8,11H,4,6,9-10H2. The maximum atomic E-state index is 12.1. The third-order valence-corrected chi connectivity index (χ3v) is 3.96. The number of rotatable bonds is 2. The Morgan fingerprint density at radius 3 is 3.18 bits per heavy atom. The molecule has 4 rings (SSSR count). The van der Waals surface area contributed by atoms with Crippen LogP contribution in [0.3, 0.4) is 0 Å². The van der Waals surface area contributed by atoms with Crippen LogP contribution in [-0.2, 0) is 19.5 Å². The Morgan fingerprint density at radius 2 is 2.23 bits per heavy atom. The van der Waals surface area contributed by atoms with Gasteiger partial charge in [-0.3, -0.25) is 14.1 Å².